The summed E-state index contributed by atoms with van der Waals surface area (Å²) in [7, 11) is 1.50. The summed E-state index contributed by atoms with van der Waals surface area (Å²) >= 11 is 0. The van der Waals surface area contributed by atoms with Gasteiger partial charge in [-0.2, -0.15) is 0 Å². The molecule has 2 atom stereocenters. The molecule has 0 unspecified atom stereocenters. The summed E-state index contributed by atoms with van der Waals surface area (Å²) < 4.78 is 19.3. The van der Waals surface area contributed by atoms with Crippen LogP contribution in [-0.2, 0) is 22.7 Å². The topological polar surface area (TPSA) is 91.8 Å². The largest absolute Gasteiger partial charge is 0.497 e. The molecule has 1 saturated heterocycles. The highest BCUT2D eigenvalue weighted by molar-refractivity contribution is 5.80. The fourth-order valence-corrected chi connectivity index (χ4v) is 3.55. The van der Waals surface area contributed by atoms with Crippen molar-refractivity contribution in [1.29, 1.82) is 0 Å². The van der Waals surface area contributed by atoms with E-state index in [0.717, 1.165) is 5.69 Å². The van der Waals surface area contributed by atoms with Crippen LogP contribution >= 0.6 is 0 Å². The van der Waals surface area contributed by atoms with Crippen LogP contribution in [0.25, 0.3) is 0 Å². The second-order valence-corrected chi connectivity index (χ2v) is 7.16. The fourth-order valence-electron chi connectivity index (χ4n) is 3.55. The van der Waals surface area contributed by atoms with E-state index >= 15 is 0 Å². The monoisotopic (exact) mass is 401 g/mol. The molecule has 1 aromatic heterocycles. The van der Waals surface area contributed by atoms with Gasteiger partial charge in [-0.3, -0.25) is 19.5 Å². The van der Waals surface area contributed by atoms with Crippen LogP contribution in [0, 0.1) is 17.7 Å². The Morgan fingerprint density at radius 2 is 2.07 bits per heavy atom. The second-order valence-electron chi connectivity index (χ2n) is 7.16. The molecule has 1 aromatic carbocycles. The van der Waals surface area contributed by atoms with E-state index in [9.17, 15) is 19.1 Å². The lowest BCUT2D eigenvalue weighted by molar-refractivity contribution is -0.145. The molecule has 2 N–H and O–H groups in total. The maximum absolute atomic E-state index is 14.2. The number of hydrogen-bond donors (Lipinski definition) is 2. The van der Waals surface area contributed by atoms with E-state index in [1.54, 1.807) is 24.4 Å². The van der Waals surface area contributed by atoms with E-state index in [2.05, 4.69) is 10.3 Å². The van der Waals surface area contributed by atoms with Gasteiger partial charge in [0, 0.05) is 31.4 Å². The van der Waals surface area contributed by atoms with Crippen molar-refractivity contribution in [3.63, 3.8) is 0 Å². The molecule has 3 rings (SSSR count). The molecule has 1 amide bonds. The van der Waals surface area contributed by atoms with E-state index in [0.29, 0.717) is 17.9 Å². The van der Waals surface area contributed by atoms with Gasteiger partial charge in [0.1, 0.15) is 11.6 Å². The van der Waals surface area contributed by atoms with Gasteiger partial charge in [-0.1, -0.05) is 6.07 Å². The minimum atomic E-state index is -0.955. The lowest BCUT2D eigenvalue weighted by atomic mass is 9.88. The maximum atomic E-state index is 14.2. The van der Waals surface area contributed by atoms with Crippen molar-refractivity contribution in [3.8, 4) is 5.75 Å². The number of carboxylic acid groups (broad SMARTS) is 1. The number of piperidine rings is 1. The summed E-state index contributed by atoms with van der Waals surface area (Å²) in [5.74, 6) is -2.23. The first-order chi connectivity index (χ1) is 14.0. The number of halogens is 1. The van der Waals surface area contributed by atoms with E-state index in [-0.39, 0.29) is 37.8 Å². The molecule has 1 fully saturated rings. The van der Waals surface area contributed by atoms with Crippen molar-refractivity contribution in [3.05, 3.63) is 59.7 Å². The Morgan fingerprint density at radius 3 is 2.76 bits per heavy atom. The molecule has 7 nitrogen and oxygen atoms in total. The SMILES string of the molecule is COc1ccc(F)c(CN2C[C@@H](C(=O)O)C[C@@H](C(=O)NCc3ccccn3)C2)c1. The van der Waals surface area contributed by atoms with E-state index in [1.807, 2.05) is 11.0 Å². The van der Waals surface area contributed by atoms with Gasteiger partial charge in [0.05, 0.1) is 31.2 Å². The molecular formula is C21H24FN3O4. The number of carbonyl (C=O) groups excluding carboxylic acids is 1. The number of amides is 1. The van der Waals surface area contributed by atoms with Crippen molar-refractivity contribution in [2.75, 3.05) is 20.2 Å². The van der Waals surface area contributed by atoms with Gasteiger partial charge in [0.15, 0.2) is 0 Å². The highest BCUT2D eigenvalue weighted by Gasteiger charge is 2.35. The lowest BCUT2D eigenvalue weighted by Crippen LogP contribution is -2.47. The van der Waals surface area contributed by atoms with Gasteiger partial charge in [-0.25, -0.2) is 4.39 Å². The number of carboxylic acids is 1. The zero-order valence-electron chi connectivity index (χ0n) is 16.2. The Kier molecular flexibility index (Phi) is 6.77. The quantitative estimate of drug-likeness (QED) is 0.738. The summed E-state index contributed by atoms with van der Waals surface area (Å²) in [6.45, 7) is 1.10. The first kappa shape index (κ1) is 20.7. The molecule has 2 aromatic rings. The number of aliphatic carboxylic acids is 1. The summed E-state index contributed by atoms with van der Waals surface area (Å²) in [5.41, 5.74) is 1.13. The second kappa shape index (κ2) is 9.47. The molecule has 2 heterocycles. The van der Waals surface area contributed by atoms with Crippen molar-refractivity contribution in [2.45, 2.75) is 19.5 Å². The Bertz CT molecular complexity index is 862. The van der Waals surface area contributed by atoms with Gasteiger partial charge >= 0.3 is 5.97 Å². The molecule has 29 heavy (non-hydrogen) atoms. The van der Waals surface area contributed by atoms with Gasteiger partial charge in [0.25, 0.3) is 0 Å². The minimum absolute atomic E-state index is 0.205. The first-order valence-electron chi connectivity index (χ1n) is 9.41. The number of pyridine rings is 1. The standard InChI is InChI=1S/C21H24FN3O4/c1-29-18-5-6-19(22)14(9-18)11-25-12-15(8-16(13-25)21(27)28)20(26)24-10-17-4-2-3-7-23-17/h2-7,9,15-16H,8,10-13H2,1H3,(H,24,26)(H,27,28)/t15-,16+/m1/s1. The predicted molar refractivity (Wildman–Crippen MR) is 104 cm³/mol. The van der Waals surface area contributed by atoms with Crippen LogP contribution in [0.5, 0.6) is 5.75 Å². The molecule has 0 radical (unpaired) electrons. The van der Waals surface area contributed by atoms with Gasteiger partial charge in [-0.15, -0.1) is 0 Å². The van der Waals surface area contributed by atoms with Crippen molar-refractivity contribution < 1.29 is 23.8 Å². The normalized spacial score (nSPS) is 19.5. The van der Waals surface area contributed by atoms with Gasteiger partial charge < -0.3 is 15.2 Å². The highest BCUT2D eigenvalue weighted by Crippen LogP contribution is 2.26. The average molecular weight is 401 g/mol. The summed E-state index contributed by atoms with van der Waals surface area (Å²) in [5, 5.41) is 12.3. The fraction of sp³-hybridized carbons (Fsp3) is 0.381. The van der Waals surface area contributed by atoms with Crippen molar-refractivity contribution in [2.24, 2.45) is 11.8 Å². The van der Waals surface area contributed by atoms with Gasteiger partial charge in [0.2, 0.25) is 5.91 Å². The molecule has 0 spiro atoms. The average Bonchev–Trinajstić information content (AvgIpc) is 2.74. The van der Waals surface area contributed by atoms with Crippen LogP contribution in [0.3, 0.4) is 0 Å². The number of methoxy groups -OCH3 is 1. The molecular weight excluding hydrogens is 377 g/mol. The molecule has 154 valence electrons. The van der Waals surface area contributed by atoms with Crippen LogP contribution in [0.4, 0.5) is 4.39 Å². The van der Waals surface area contributed by atoms with Crippen molar-refractivity contribution in [1.82, 2.24) is 15.2 Å². The third-order valence-electron chi connectivity index (χ3n) is 5.06. The third-order valence-corrected chi connectivity index (χ3v) is 5.06. The molecule has 8 heteroatoms. The van der Waals surface area contributed by atoms with Crippen LogP contribution < -0.4 is 10.1 Å². The van der Waals surface area contributed by atoms with E-state index < -0.39 is 17.8 Å². The first-order valence-corrected chi connectivity index (χ1v) is 9.41. The number of ether oxygens (including phenoxy) is 1. The smallest absolute Gasteiger partial charge is 0.307 e. The van der Waals surface area contributed by atoms with Crippen LogP contribution in [-0.4, -0.2) is 47.1 Å². The number of benzene rings is 1. The van der Waals surface area contributed by atoms with Crippen LogP contribution in [0.2, 0.25) is 0 Å². The molecule has 0 saturated carbocycles. The van der Waals surface area contributed by atoms with Crippen molar-refractivity contribution >= 4 is 11.9 Å². The van der Waals surface area contributed by atoms with Crippen LogP contribution in [0.15, 0.2) is 42.6 Å². The summed E-state index contributed by atoms with van der Waals surface area (Å²) in [6.07, 6.45) is 1.90. The summed E-state index contributed by atoms with van der Waals surface area (Å²) in [4.78, 5) is 30.2. The molecule has 0 bridgehead atoms. The zero-order chi connectivity index (χ0) is 20.8. The number of likely N-dealkylation sites (tertiary alicyclic amines) is 1. The highest BCUT2D eigenvalue weighted by atomic mass is 19.1. The third kappa shape index (κ3) is 5.51. The Balaban J connectivity index is 1.68. The number of hydrogen-bond acceptors (Lipinski definition) is 5. The predicted octanol–water partition coefficient (Wildman–Crippen LogP) is 2.07. The summed E-state index contributed by atoms with van der Waals surface area (Å²) in [6, 6.07) is 9.88. The lowest BCUT2D eigenvalue weighted by Gasteiger charge is -2.35. The van der Waals surface area contributed by atoms with E-state index in [1.165, 1.54) is 19.2 Å². The number of carbonyl (C=O) groups is 2. The Morgan fingerprint density at radius 1 is 1.28 bits per heavy atom. The molecule has 1 aliphatic rings. The van der Waals surface area contributed by atoms with Crippen LogP contribution in [0.1, 0.15) is 17.7 Å². The minimum Gasteiger partial charge on any atom is -0.497 e. The number of aromatic nitrogens is 1. The maximum Gasteiger partial charge on any atom is 0.307 e. The number of nitrogens with zero attached hydrogens (tertiary/aromatic N) is 2. The Labute approximate surface area is 168 Å². The molecule has 0 aliphatic carbocycles. The Hall–Kier alpha value is -3.00. The molecule has 1 aliphatic heterocycles. The van der Waals surface area contributed by atoms with Gasteiger partial charge in [-0.05, 0) is 36.8 Å². The van der Waals surface area contributed by atoms with E-state index in [4.69, 9.17) is 4.74 Å². The zero-order valence-corrected chi connectivity index (χ0v) is 16.2. The number of rotatable bonds is 7. The number of nitrogens with one attached hydrogen (secondary N) is 1.